The third-order valence-electron chi connectivity index (χ3n) is 9.57. The van der Waals surface area contributed by atoms with Crippen LogP contribution < -0.4 is 9.47 Å². The smallest absolute Gasteiger partial charge is 0.416 e. The largest absolute Gasteiger partial charge is 0.483 e. The van der Waals surface area contributed by atoms with Crippen LogP contribution in [0, 0.1) is 11.8 Å². The summed E-state index contributed by atoms with van der Waals surface area (Å²) in [7, 11) is 3.64. The topological polar surface area (TPSA) is 85.4 Å². The first-order valence-electron chi connectivity index (χ1n) is 14.2. The second-order valence-electron chi connectivity index (χ2n) is 11.8. The zero-order valence-corrected chi connectivity index (χ0v) is 24.2. The molecule has 1 saturated heterocycles. The molecule has 0 unspecified atom stereocenters. The summed E-state index contributed by atoms with van der Waals surface area (Å²) < 4.78 is 57.4. The molecule has 2 fully saturated rings. The summed E-state index contributed by atoms with van der Waals surface area (Å²) in [4.78, 5) is 41.8. The summed E-state index contributed by atoms with van der Waals surface area (Å²) in [5.41, 5.74) is -0.388. The molecule has 2 aromatic carbocycles. The SMILES string of the molecule is CC(=O)Oc1ccc2c3c1O[C@H]1[C@H](N(C)C(=O)C#Cc4ccc(C(F)(F)F)cc4)CC[C@@]4(OC(C)=O)[C@@H](C2)N(C)CC[C@]314. The Balaban J connectivity index is 1.40. The molecule has 11 heteroatoms. The maximum absolute atomic E-state index is 13.4. The van der Waals surface area contributed by atoms with Crippen molar-refractivity contribution in [2.24, 2.45) is 0 Å². The molecule has 2 aliphatic heterocycles. The van der Waals surface area contributed by atoms with Gasteiger partial charge in [0.15, 0.2) is 11.5 Å². The van der Waals surface area contributed by atoms with Gasteiger partial charge in [-0.1, -0.05) is 12.0 Å². The van der Waals surface area contributed by atoms with Crippen molar-refractivity contribution in [1.82, 2.24) is 9.80 Å². The molecule has 226 valence electrons. The van der Waals surface area contributed by atoms with Gasteiger partial charge in [-0.05, 0) is 75.2 Å². The van der Waals surface area contributed by atoms with E-state index in [9.17, 15) is 27.6 Å². The lowest BCUT2D eigenvalue weighted by Crippen LogP contribution is -2.78. The number of carbonyl (C=O) groups excluding carboxylic acids is 3. The van der Waals surface area contributed by atoms with Gasteiger partial charge in [0.2, 0.25) is 0 Å². The van der Waals surface area contributed by atoms with Gasteiger partial charge in [-0.15, -0.1) is 0 Å². The molecule has 4 aliphatic rings. The van der Waals surface area contributed by atoms with Crippen LogP contribution >= 0.6 is 0 Å². The molecule has 0 N–H and O–H groups in total. The number of nitrogens with zero attached hydrogens (tertiary/aromatic N) is 2. The van der Waals surface area contributed by atoms with Crippen LogP contribution in [0.1, 0.15) is 55.4 Å². The molecule has 2 bridgehead atoms. The molecule has 5 atom stereocenters. The van der Waals surface area contributed by atoms with Gasteiger partial charge in [-0.25, -0.2) is 0 Å². The third-order valence-corrected chi connectivity index (χ3v) is 9.57. The van der Waals surface area contributed by atoms with Gasteiger partial charge in [0.1, 0.15) is 11.7 Å². The van der Waals surface area contributed by atoms with E-state index >= 15 is 0 Å². The lowest BCUT2D eigenvalue weighted by molar-refractivity contribution is -0.220. The number of esters is 2. The lowest BCUT2D eigenvalue weighted by atomic mass is 9.48. The van der Waals surface area contributed by atoms with E-state index in [0.29, 0.717) is 38.0 Å². The van der Waals surface area contributed by atoms with Crippen LogP contribution in [0.25, 0.3) is 0 Å². The number of likely N-dealkylation sites (tertiary alicyclic amines) is 1. The van der Waals surface area contributed by atoms with E-state index in [1.165, 1.54) is 30.9 Å². The molecule has 43 heavy (non-hydrogen) atoms. The Morgan fingerprint density at radius 1 is 1.07 bits per heavy atom. The third kappa shape index (κ3) is 4.37. The highest BCUT2D eigenvalue weighted by Crippen LogP contribution is 2.67. The maximum atomic E-state index is 13.4. The van der Waals surface area contributed by atoms with Crippen molar-refractivity contribution >= 4 is 17.8 Å². The predicted octanol–water partition coefficient (Wildman–Crippen LogP) is 3.86. The number of halogens is 3. The van der Waals surface area contributed by atoms with Crippen molar-refractivity contribution in [2.75, 3.05) is 20.6 Å². The van der Waals surface area contributed by atoms with Crippen LogP contribution in [0.4, 0.5) is 13.2 Å². The Morgan fingerprint density at radius 3 is 2.44 bits per heavy atom. The van der Waals surface area contributed by atoms with Crippen molar-refractivity contribution in [2.45, 2.75) is 74.9 Å². The molecule has 0 aromatic heterocycles. The standard InChI is InChI=1S/C32H31F3N2O6/c1-18(38)41-24-11-8-21-17-25-31(43-19(2)39)14-13-23(29-30(31,15-16-36(25)3)27(21)28(24)42-29)37(4)26(40)12-7-20-5-9-22(10-6-20)32(33,34)35/h5-6,8-11,23,25,29H,13-17H2,1-4H3/t23-,25-,29+,30+,31-/m1/s1. The van der Waals surface area contributed by atoms with E-state index in [-0.39, 0.29) is 17.4 Å². The number of piperidine rings is 1. The highest BCUT2D eigenvalue weighted by atomic mass is 19.4. The minimum Gasteiger partial charge on any atom is -0.483 e. The van der Waals surface area contributed by atoms with Crippen LogP contribution in [0.2, 0.25) is 0 Å². The predicted molar refractivity (Wildman–Crippen MR) is 147 cm³/mol. The number of carbonyl (C=O) groups is 3. The molecule has 1 spiro atoms. The van der Waals surface area contributed by atoms with E-state index < -0.39 is 52.7 Å². The average Bonchev–Trinajstić information content (AvgIpc) is 3.29. The fourth-order valence-corrected chi connectivity index (χ4v) is 7.89. The highest BCUT2D eigenvalue weighted by molar-refractivity contribution is 5.94. The summed E-state index contributed by atoms with van der Waals surface area (Å²) in [6.45, 7) is 3.41. The molecular weight excluding hydrogens is 565 g/mol. The number of amides is 1. The van der Waals surface area contributed by atoms with Crippen molar-refractivity contribution in [1.29, 1.82) is 0 Å². The van der Waals surface area contributed by atoms with Gasteiger partial charge >= 0.3 is 18.1 Å². The first kappa shape index (κ1) is 29.1. The highest BCUT2D eigenvalue weighted by Gasteiger charge is 2.75. The van der Waals surface area contributed by atoms with Gasteiger partial charge in [0.25, 0.3) is 5.91 Å². The Kier molecular flexibility index (Phi) is 6.77. The van der Waals surface area contributed by atoms with Crippen LogP contribution in [-0.2, 0) is 37.1 Å². The zero-order chi connectivity index (χ0) is 30.9. The fraction of sp³-hybridized carbons (Fsp3) is 0.469. The molecule has 0 radical (unpaired) electrons. The van der Waals surface area contributed by atoms with E-state index in [0.717, 1.165) is 23.3 Å². The molecule has 2 heterocycles. The average molecular weight is 597 g/mol. The van der Waals surface area contributed by atoms with Gasteiger partial charge in [-0.2, -0.15) is 13.2 Å². The summed E-state index contributed by atoms with van der Waals surface area (Å²) in [5.74, 6) is 4.52. The van der Waals surface area contributed by atoms with Crippen molar-refractivity contribution in [3.05, 3.63) is 58.7 Å². The molecule has 8 nitrogen and oxygen atoms in total. The second-order valence-corrected chi connectivity index (χ2v) is 11.8. The Bertz CT molecular complexity index is 1580. The Morgan fingerprint density at radius 2 is 1.79 bits per heavy atom. The number of rotatable bonds is 3. The lowest BCUT2D eigenvalue weighted by Gasteiger charge is -2.65. The van der Waals surface area contributed by atoms with E-state index in [1.54, 1.807) is 13.1 Å². The number of benzene rings is 2. The number of alkyl halides is 3. The summed E-state index contributed by atoms with van der Waals surface area (Å²) in [6.07, 6.45) is -3.00. The van der Waals surface area contributed by atoms with Gasteiger partial charge in [0.05, 0.1) is 23.1 Å². The monoisotopic (exact) mass is 596 g/mol. The van der Waals surface area contributed by atoms with E-state index in [4.69, 9.17) is 14.2 Å². The summed E-state index contributed by atoms with van der Waals surface area (Å²) in [6, 6.07) is 7.35. The maximum Gasteiger partial charge on any atom is 0.416 e. The Hall–Kier alpha value is -4.04. The molecular formula is C32H31F3N2O6. The van der Waals surface area contributed by atoms with Crippen LogP contribution in [-0.4, -0.2) is 72.1 Å². The first-order chi connectivity index (χ1) is 20.3. The molecule has 2 aliphatic carbocycles. The number of hydrogen-bond acceptors (Lipinski definition) is 7. The van der Waals surface area contributed by atoms with E-state index in [1.807, 2.05) is 13.1 Å². The summed E-state index contributed by atoms with van der Waals surface area (Å²) >= 11 is 0. The minimum absolute atomic E-state index is 0.129. The first-order valence-corrected chi connectivity index (χ1v) is 14.2. The molecule has 1 amide bonds. The summed E-state index contributed by atoms with van der Waals surface area (Å²) in [5, 5.41) is 0. The number of hydrogen-bond donors (Lipinski definition) is 0. The van der Waals surface area contributed by atoms with Gasteiger partial charge in [0, 0.05) is 37.9 Å². The van der Waals surface area contributed by atoms with E-state index in [2.05, 4.69) is 16.7 Å². The number of likely N-dealkylation sites (N-methyl/N-ethyl adjacent to an activating group) is 2. The minimum atomic E-state index is -4.47. The molecule has 2 aromatic rings. The van der Waals surface area contributed by atoms with Crippen LogP contribution in [0.3, 0.4) is 0 Å². The number of ether oxygens (including phenoxy) is 3. The van der Waals surface area contributed by atoms with Crippen LogP contribution in [0.15, 0.2) is 36.4 Å². The Labute approximate surface area is 247 Å². The zero-order valence-electron chi connectivity index (χ0n) is 24.2. The van der Waals surface area contributed by atoms with Gasteiger partial charge < -0.3 is 19.1 Å². The van der Waals surface area contributed by atoms with Gasteiger partial charge in [-0.3, -0.25) is 19.3 Å². The normalized spacial score (nSPS) is 28.5. The molecule has 6 rings (SSSR count). The van der Waals surface area contributed by atoms with Crippen molar-refractivity contribution in [3.8, 4) is 23.3 Å². The quantitative estimate of drug-likeness (QED) is 0.302. The van der Waals surface area contributed by atoms with Crippen LogP contribution in [0.5, 0.6) is 11.5 Å². The fourth-order valence-electron chi connectivity index (χ4n) is 7.89. The van der Waals surface area contributed by atoms with Crippen molar-refractivity contribution < 1.29 is 41.8 Å². The second kappa shape index (κ2) is 10.0. The van der Waals surface area contributed by atoms with Crippen molar-refractivity contribution in [3.63, 3.8) is 0 Å². The molecule has 1 saturated carbocycles.